The van der Waals surface area contributed by atoms with Crippen LogP contribution < -0.4 is 5.32 Å². The summed E-state index contributed by atoms with van der Waals surface area (Å²) >= 11 is 0. The summed E-state index contributed by atoms with van der Waals surface area (Å²) in [6.45, 7) is 14.1. The van der Waals surface area contributed by atoms with E-state index in [1.54, 1.807) is 5.57 Å². The largest absolute Gasteiger partial charge is 0.396 e. The number of ether oxygens (including phenoxy) is 1. The number of amides is 1. The number of nitrogens with one attached hydrogen (secondary N) is 1. The Morgan fingerprint density at radius 2 is 1.92 bits per heavy atom. The Balaban J connectivity index is 1.33. The molecule has 2 N–H and O–H groups in total. The van der Waals surface area contributed by atoms with Crippen LogP contribution in [0.5, 0.6) is 0 Å². The van der Waals surface area contributed by atoms with Crippen molar-refractivity contribution in [2.75, 3.05) is 13.2 Å². The van der Waals surface area contributed by atoms with Crippen molar-refractivity contribution in [2.24, 2.45) is 40.4 Å². The maximum absolute atomic E-state index is 12.5. The molecule has 4 aliphatic rings. The van der Waals surface area contributed by atoms with Gasteiger partial charge in [0.15, 0.2) is 0 Å². The summed E-state index contributed by atoms with van der Waals surface area (Å²) in [4.78, 5) is 12.5. The van der Waals surface area contributed by atoms with E-state index >= 15 is 0 Å². The molecule has 0 aromatic carbocycles. The Bertz CT molecular complexity index is 818. The van der Waals surface area contributed by atoms with Gasteiger partial charge in [0, 0.05) is 12.1 Å². The highest BCUT2D eigenvalue weighted by Crippen LogP contribution is 2.66. The van der Waals surface area contributed by atoms with E-state index in [2.05, 4.69) is 39.1 Å². The van der Waals surface area contributed by atoms with Gasteiger partial charge in [-0.05, 0) is 118 Å². The van der Waals surface area contributed by atoms with Crippen molar-refractivity contribution in [3.63, 3.8) is 0 Å². The molecule has 0 spiro atoms. The Hall–Kier alpha value is -0.870. The Morgan fingerprint density at radius 3 is 2.65 bits per heavy atom. The lowest BCUT2D eigenvalue weighted by atomic mass is 9.47. The van der Waals surface area contributed by atoms with Gasteiger partial charge in [-0.15, -0.1) is 0 Å². The number of hydrogen-bond donors (Lipinski definition) is 2. The summed E-state index contributed by atoms with van der Waals surface area (Å²) < 4.78 is 6.14. The topological polar surface area (TPSA) is 58.6 Å². The van der Waals surface area contributed by atoms with Gasteiger partial charge in [0.25, 0.3) is 0 Å². The van der Waals surface area contributed by atoms with Gasteiger partial charge in [0.2, 0.25) is 5.91 Å². The first-order valence-electron chi connectivity index (χ1n) is 15.7. The molecule has 0 bridgehead atoms. The van der Waals surface area contributed by atoms with E-state index in [4.69, 9.17) is 4.74 Å². The molecule has 212 valence electrons. The third kappa shape index (κ3) is 6.32. The van der Waals surface area contributed by atoms with E-state index < -0.39 is 5.54 Å². The Morgan fingerprint density at radius 1 is 1.14 bits per heavy atom. The number of unbranched alkanes of at least 4 members (excludes halogenated alkanes) is 1. The van der Waals surface area contributed by atoms with Gasteiger partial charge >= 0.3 is 0 Å². The quantitative estimate of drug-likeness (QED) is 0.222. The van der Waals surface area contributed by atoms with Gasteiger partial charge in [-0.3, -0.25) is 4.79 Å². The molecule has 0 heterocycles. The lowest BCUT2D eigenvalue weighted by Gasteiger charge is -2.58. The summed E-state index contributed by atoms with van der Waals surface area (Å²) in [5.74, 6) is 4.32. The van der Waals surface area contributed by atoms with Crippen molar-refractivity contribution in [3.8, 4) is 0 Å². The second-order valence-corrected chi connectivity index (χ2v) is 14.8. The van der Waals surface area contributed by atoms with E-state index in [9.17, 15) is 9.90 Å². The van der Waals surface area contributed by atoms with E-state index in [-0.39, 0.29) is 25.2 Å². The van der Waals surface area contributed by atoms with E-state index in [1.807, 2.05) is 13.8 Å². The summed E-state index contributed by atoms with van der Waals surface area (Å²) in [5.41, 5.74) is 2.12. The number of allylic oxidation sites excluding steroid dienone is 1. The van der Waals surface area contributed by atoms with E-state index in [0.29, 0.717) is 17.3 Å². The molecule has 7 atom stereocenters. The third-order valence-corrected chi connectivity index (χ3v) is 11.5. The van der Waals surface area contributed by atoms with Crippen LogP contribution in [0.2, 0.25) is 0 Å². The van der Waals surface area contributed by atoms with Crippen molar-refractivity contribution in [1.82, 2.24) is 5.32 Å². The number of carbonyl (C=O) groups is 1. The molecular formula is C33H57NO3. The molecule has 7 unspecified atom stereocenters. The molecular weight excluding hydrogens is 458 g/mol. The highest BCUT2D eigenvalue weighted by atomic mass is 16.5. The monoisotopic (exact) mass is 515 g/mol. The molecule has 4 rings (SSSR count). The third-order valence-electron chi connectivity index (χ3n) is 11.5. The van der Waals surface area contributed by atoms with Gasteiger partial charge in [-0.2, -0.15) is 0 Å². The average molecular weight is 516 g/mol. The molecule has 0 aromatic heterocycles. The molecule has 1 amide bonds. The number of fused-ring (bicyclic) bond motifs is 5. The van der Waals surface area contributed by atoms with Gasteiger partial charge in [0.05, 0.1) is 6.10 Å². The predicted octanol–water partition coefficient (Wildman–Crippen LogP) is 7.44. The van der Waals surface area contributed by atoms with Crippen molar-refractivity contribution < 1.29 is 14.6 Å². The summed E-state index contributed by atoms with van der Waals surface area (Å²) in [5, 5.41) is 12.2. The number of aliphatic hydroxyl groups excluding tert-OH is 1. The van der Waals surface area contributed by atoms with Crippen LogP contribution in [0, 0.1) is 40.4 Å². The first-order chi connectivity index (χ1) is 17.5. The molecule has 0 aromatic rings. The molecule has 3 fully saturated rings. The zero-order valence-electron chi connectivity index (χ0n) is 24.9. The lowest BCUT2D eigenvalue weighted by Crippen LogP contribution is -2.50. The number of carbonyl (C=O) groups excluding carboxylic acids is 1. The Labute approximate surface area is 227 Å². The van der Waals surface area contributed by atoms with Crippen LogP contribution in [0.25, 0.3) is 0 Å². The molecule has 4 aliphatic carbocycles. The minimum Gasteiger partial charge on any atom is -0.396 e. The molecule has 4 nitrogen and oxygen atoms in total. The SMILES string of the molecule is CC(C)CCCCC1CCC2C3CC=C4CC(OCC(=O)NC(C)(C)CCO)CCC4(C)C3CCC12C. The maximum atomic E-state index is 12.5. The minimum atomic E-state index is -0.399. The zero-order chi connectivity index (χ0) is 26.8. The minimum absolute atomic E-state index is 0.0731. The molecule has 0 saturated heterocycles. The van der Waals surface area contributed by atoms with Crippen LogP contribution in [0.4, 0.5) is 0 Å². The van der Waals surface area contributed by atoms with Crippen molar-refractivity contribution >= 4 is 5.91 Å². The van der Waals surface area contributed by atoms with Gasteiger partial charge < -0.3 is 15.2 Å². The van der Waals surface area contributed by atoms with Gasteiger partial charge in [-0.25, -0.2) is 0 Å². The predicted molar refractivity (Wildman–Crippen MR) is 152 cm³/mol. The molecule has 3 saturated carbocycles. The fraction of sp³-hybridized carbons (Fsp3) is 0.909. The fourth-order valence-electron chi connectivity index (χ4n) is 9.25. The van der Waals surface area contributed by atoms with Crippen molar-refractivity contribution in [3.05, 3.63) is 11.6 Å². The van der Waals surface area contributed by atoms with Crippen LogP contribution in [0.1, 0.15) is 125 Å². The Kier molecular flexibility index (Phi) is 9.21. The molecule has 0 radical (unpaired) electrons. The molecule has 4 heteroatoms. The second-order valence-electron chi connectivity index (χ2n) is 14.8. The number of hydrogen-bond acceptors (Lipinski definition) is 3. The van der Waals surface area contributed by atoms with Crippen LogP contribution in [-0.2, 0) is 9.53 Å². The van der Waals surface area contributed by atoms with Crippen molar-refractivity contribution in [1.29, 1.82) is 0 Å². The highest BCUT2D eigenvalue weighted by Gasteiger charge is 2.58. The second kappa shape index (κ2) is 11.7. The smallest absolute Gasteiger partial charge is 0.246 e. The zero-order valence-corrected chi connectivity index (χ0v) is 24.9. The van der Waals surface area contributed by atoms with Crippen molar-refractivity contribution in [2.45, 2.75) is 137 Å². The number of rotatable bonds is 11. The summed E-state index contributed by atoms with van der Waals surface area (Å²) in [6.07, 6.45) is 19.3. The normalized spacial score (nSPS) is 37.5. The molecule has 0 aliphatic heterocycles. The first-order valence-corrected chi connectivity index (χ1v) is 15.7. The molecule has 37 heavy (non-hydrogen) atoms. The summed E-state index contributed by atoms with van der Waals surface area (Å²) in [7, 11) is 0. The van der Waals surface area contributed by atoms with Crippen LogP contribution in [0.3, 0.4) is 0 Å². The van der Waals surface area contributed by atoms with Crippen LogP contribution in [-0.4, -0.2) is 35.9 Å². The van der Waals surface area contributed by atoms with E-state index in [1.165, 1.54) is 64.2 Å². The maximum Gasteiger partial charge on any atom is 0.246 e. The van der Waals surface area contributed by atoms with Gasteiger partial charge in [-0.1, -0.05) is 58.6 Å². The van der Waals surface area contributed by atoms with Crippen LogP contribution in [0.15, 0.2) is 11.6 Å². The van der Waals surface area contributed by atoms with Gasteiger partial charge in [0.1, 0.15) is 6.61 Å². The summed E-state index contributed by atoms with van der Waals surface area (Å²) in [6, 6.07) is 0. The first kappa shape index (κ1) is 29.1. The average Bonchev–Trinajstić information content (AvgIpc) is 3.16. The fourth-order valence-corrected chi connectivity index (χ4v) is 9.25. The van der Waals surface area contributed by atoms with Crippen LogP contribution >= 0.6 is 0 Å². The standard InChI is InChI=1S/C33H57NO3/c1-23(2)9-7-8-10-24-12-14-28-27-13-11-25-21-26(37-22-30(36)34-31(3,4)19-20-35)15-17-33(25,6)29(27)16-18-32(24,28)5/h11,23-24,26-29,35H,7-10,12-22H2,1-6H3,(H,34,36). The highest BCUT2D eigenvalue weighted by molar-refractivity contribution is 5.77. The lowest BCUT2D eigenvalue weighted by molar-refractivity contribution is -0.130. The van der Waals surface area contributed by atoms with E-state index in [0.717, 1.165) is 42.4 Å². The number of aliphatic hydroxyl groups is 1.